The summed E-state index contributed by atoms with van der Waals surface area (Å²) >= 11 is 0. The molecule has 1 saturated heterocycles. The van der Waals surface area contributed by atoms with Crippen LogP contribution in [-0.4, -0.2) is 61.8 Å². The van der Waals surface area contributed by atoms with Gasteiger partial charge in [0.2, 0.25) is 0 Å². The monoisotopic (exact) mass is 418 g/mol. The Bertz CT molecular complexity index is 702. The van der Waals surface area contributed by atoms with Crippen LogP contribution >= 0.6 is 0 Å². The molecule has 7 heteroatoms. The molecule has 2 aliphatic rings. The van der Waals surface area contributed by atoms with Gasteiger partial charge in [-0.3, -0.25) is 9.59 Å². The van der Waals surface area contributed by atoms with E-state index in [-0.39, 0.29) is 18.4 Å². The van der Waals surface area contributed by atoms with Crippen molar-refractivity contribution >= 4 is 17.5 Å². The van der Waals surface area contributed by atoms with Crippen molar-refractivity contribution in [3.05, 3.63) is 24.3 Å². The molecule has 7 nitrogen and oxygen atoms in total. The molecule has 30 heavy (non-hydrogen) atoms. The minimum atomic E-state index is -0.743. The maximum atomic E-state index is 13.1. The van der Waals surface area contributed by atoms with Crippen molar-refractivity contribution in [1.82, 2.24) is 4.90 Å². The van der Waals surface area contributed by atoms with Gasteiger partial charge in [0.05, 0.1) is 13.2 Å². The van der Waals surface area contributed by atoms with Gasteiger partial charge in [-0.2, -0.15) is 0 Å². The highest BCUT2D eigenvalue weighted by Gasteiger charge is 2.42. The fraction of sp³-hybridized carbons (Fsp3) is 0.652. The number of hydrogen-bond donors (Lipinski definition) is 1. The number of anilines is 1. The number of carbonyl (C=O) groups excluding carboxylic acids is 2. The van der Waals surface area contributed by atoms with E-state index in [4.69, 9.17) is 14.2 Å². The van der Waals surface area contributed by atoms with E-state index in [9.17, 15) is 9.59 Å². The summed E-state index contributed by atoms with van der Waals surface area (Å²) < 4.78 is 17.0. The molecule has 0 radical (unpaired) electrons. The first kappa shape index (κ1) is 22.6. The summed E-state index contributed by atoms with van der Waals surface area (Å²) in [6.45, 7) is 7.18. The Morgan fingerprint density at radius 3 is 2.63 bits per heavy atom. The van der Waals surface area contributed by atoms with Crippen molar-refractivity contribution in [2.45, 2.75) is 51.6 Å². The first-order valence-electron chi connectivity index (χ1n) is 11.1. The number of morpholine rings is 1. The third kappa shape index (κ3) is 5.95. The molecule has 1 N–H and O–H groups in total. The molecule has 3 rings (SSSR count). The second-order valence-electron chi connectivity index (χ2n) is 8.30. The van der Waals surface area contributed by atoms with Crippen LogP contribution in [0.1, 0.15) is 46.0 Å². The SMILES string of the molecule is CCCO[C@@]1(C(=O)Nc2ccc(OCC(=O)N3CCOCC3)cc2)CCC[C@@H](C)C1. The Morgan fingerprint density at radius 1 is 1.23 bits per heavy atom. The standard InChI is InChI=1S/C23H34N2O5/c1-3-13-30-23(10-4-5-18(2)16-23)22(27)24-19-6-8-20(9-7-19)29-17-21(26)25-11-14-28-15-12-25/h6-9,18H,3-5,10-17H2,1-2H3,(H,24,27)/t18-,23+/m1/s1. The first-order valence-corrected chi connectivity index (χ1v) is 11.1. The molecule has 0 aromatic heterocycles. The topological polar surface area (TPSA) is 77.1 Å². The maximum Gasteiger partial charge on any atom is 0.260 e. The van der Waals surface area contributed by atoms with Crippen LogP contribution in [0.4, 0.5) is 5.69 Å². The summed E-state index contributed by atoms with van der Waals surface area (Å²) in [6, 6.07) is 7.13. The average Bonchev–Trinajstić information content (AvgIpc) is 2.77. The van der Waals surface area contributed by atoms with E-state index in [0.717, 1.165) is 32.1 Å². The molecule has 1 heterocycles. The zero-order chi connectivity index (χ0) is 21.4. The predicted molar refractivity (Wildman–Crippen MR) is 115 cm³/mol. The fourth-order valence-corrected chi connectivity index (χ4v) is 4.13. The Balaban J connectivity index is 1.54. The number of benzene rings is 1. The Labute approximate surface area is 179 Å². The van der Waals surface area contributed by atoms with Crippen LogP contribution in [0.5, 0.6) is 5.75 Å². The van der Waals surface area contributed by atoms with Crippen molar-refractivity contribution in [3.8, 4) is 5.75 Å². The van der Waals surface area contributed by atoms with Crippen molar-refractivity contribution in [3.63, 3.8) is 0 Å². The van der Waals surface area contributed by atoms with Gasteiger partial charge < -0.3 is 24.4 Å². The smallest absolute Gasteiger partial charge is 0.260 e. The van der Waals surface area contributed by atoms with Crippen LogP contribution in [0.25, 0.3) is 0 Å². The lowest BCUT2D eigenvalue weighted by atomic mass is 9.78. The molecule has 1 aromatic rings. The lowest BCUT2D eigenvalue weighted by molar-refractivity contribution is -0.148. The number of rotatable bonds is 8. The van der Waals surface area contributed by atoms with Crippen molar-refractivity contribution in [1.29, 1.82) is 0 Å². The minimum absolute atomic E-state index is 0.00242. The molecule has 0 spiro atoms. The van der Waals surface area contributed by atoms with Gasteiger partial charge in [-0.25, -0.2) is 0 Å². The van der Waals surface area contributed by atoms with Gasteiger partial charge in [0, 0.05) is 25.4 Å². The van der Waals surface area contributed by atoms with Crippen LogP contribution in [0.15, 0.2) is 24.3 Å². The molecular formula is C23H34N2O5. The quantitative estimate of drug-likeness (QED) is 0.701. The highest BCUT2D eigenvalue weighted by Crippen LogP contribution is 2.36. The molecule has 1 aliphatic carbocycles. The highest BCUT2D eigenvalue weighted by atomic mass is 16.5. The van der Waals surface area contributed by atoms with E-state index < -0.39 is 5.60 Å². The average molecular weight is 419 g/mol. The predicted octanol–water partition coefficient (Wildman–Crippen LogP) is 3.24. The molecule has 1 aliphatic heterocycles. The van der Waals surface area contributed by atoms with E-state index >= 15 is 0 Å². The number of carbonyl (C=O) groups is 2. The minimum Gasteiger partial charge on any atom is -0.484 e. The molecule has 0 bridgehead atoms. The van der Waals surface area contributed by atoms with Crippen LogP contribution in [0.3, 0.4) is 0 Å². The summed E-state index contributed by atoms with van der Waals surface area (Å²) in [5, 5.41) is 3.02. The lowest BCUT2D eigenvalue weighted by Gasteiger charge is -2.38. The molecule has 166 valence electrons. The van der Waals surface area contributed by atoms with E-state index in [1.165, 1.54) is 0 Å². The van der Waals surface area contributed by atoms with Gasteiger partial charge in [-0.15, -0.1) is 0 Å². The fourth-order valence-electron chi connectivity index (χ4n) is 4.13. The van der Waals surface area contributed by atoms with E-state index in [1.54, 1.807) is 29.2 Å². The second-order valence-corrected chi connectivity index (χ2v) is 8.30. The van der Waals surface area contributed by atoms with E-state index in [2.05, 4.69) is 19.2 Å². The van der Waals surface area contributed by atoms with E-state index in [1.807, 2.05) is 0 Å². The lowest BCUT2D eigenvalue weighted by Crippen LogP contribution is -2.48. The molecule has 2 fully saturated rings. The number of nitrogens with one attached hydrogen (secondary N) is 1. The summed E-state index contributed by atoms with van der Waals surface area (Å²) in [7, 11) is 0. The largest absolute Gasteiger partial charge is 0.484 e. The van der Waals surface area contributed by atoms with Gasteiger partial charge in [-0.1, -0.05) is 20.3 Å². The normalized spacial score (nSPS) is 24.3. The number of ether oxygens (including phenoxy) is 3. The van der Waals surface area contributed by atoms with Gasteiger partial charge in [0.1, 0.15) is 11.4 Å². The number of hydrogen-bond acceptors (Lipinski definition) is 5. The second kappa shape index (κ2) is 10.8. The van der Waals surface area contributed by atoms with Crippen molar-refractivity contribution in [2.24, 2.45) is 5.92 Å². The number of nitrogens with zero attached hydrogens (tertiary/aromatic N) is 1. The zero-order valence-electron chi connectivity index (χ0n) is 18.2. The Kier molecular flexibility index (Phi) is 8.10. The molecule has 2 atom stereocenters. The third-order valence-corrected chi connectivity index (χ3v) is 5.79. The zero-order valence-corrected chi connectivity index (χ0v) is 18.2. The van der Waals surface area contributed by atoms with Gasteiger partial charge in [0.15, 0.2) is 6.61 Å². The molecular weight excluding hydrogens is 384 g/mol. The molecule has 1 aromatic carbocycles. The van der Waals surface area contributed by atoms with Crippen LogP contribution < -0.4 is 10.1 Å². The van der Waals surface area contributed by atoms with Crippen molar-refractivity contribution < 1.29 is 23.8 Å². The Morgan fingerprint density at radius 2 is 1.97 bits per heavy atom. The third-order valence-electron chi connectivity index (χ3n) is 5.79. The Hall–Kier alpha value is -2.12. The summed E-state index contributed by atoms with van der Waals surface area (Å²) in [4.78, 5) is 27.0. The summed E-state index contributed by atoms with van der Waals surface area (Å²) in [5.41, 5.74) is -0.0440. The van der Waals surface area contributed by atoms with Crippen LogP contribution in [0, 0.1) is 5.92 Å². The summed E-state index contributed by atoms with van der Waals surface area (Å²) in [5.74, 6) is 0.953. The molecule has 2 amide bonds. The van der Waals surface area contributed by atoms with Gasteiger partial charge in [0.25, 0.3) is 11.8 Å². The van der Waals surface area contributed by atoms with Gasteiger partial charge >= 0.3 is 0 Å². The first-order chi connectivity index (χ1) is 14.5. The highest BCUT2D eigenvalue weighted by molar-refractivity contribution is 5.97. The molecule has 0 unspecified atom stereocenters. The molecule has 1 saturated carbocycles. The number of amides is 2. The maximum absolute atomic E-state index is 13.1. The van der Waals surface area contributed by atoms with Gasteiger partial charge in [-0.05, 0) is 55.9 Å². The summed E-state index contributed by atoms with van der Waals surface area (Å²) in [6.07, 6.45) is 4.54. The van der Waals surface area contributed by atoms with Crippen molar-refractivity contribution in [2.75, 3.05) is 44.8 Å². The van der Waals surface area contributed by atoms with Crippen LogP contribution in [-0.2, 0) is 19.1 Å². The van der Waals surface area contributed by atoms with E-state index in [0.29, 0.717) is 50.3 Å². The van der Waals surface area contributed by atoms with Crippen LogP contribution in [0.2, 0.25) is 0 Å².